The average molecular weight is 381 g/mol. The van der Waals surface area contributed by atoms with E-state index >= 15 is 0 Å². The van der Waals surface area contributed by atoms with Crippen LogP contribution in [0.5, 0.6) is 0 Å². The van der Waals surface area contributed by atoms with Crippen molar-refractivity contribution in [3.63, 3.8) is 0 Å². The maximum absolute atomic E-state index is 14.0. The van der Waals surface area contributed by atoms with E-state index in [0.29, 0.717) is 24.1 Å². The van der Waals surface area contributed by atoms with Crippen LogP contribution in [0.2, 0.25) is 0 Å². The van der Waals surface area contributed by atoms with Gasteiger partial charge in [0.15, 0.2) is 0 Å². The van der Waals surface area contributed by atoms with Crippen LogP contribution in [0.4, 0.5) is 4.39 Å². The predicted octanol–water partition coefficient (Wildman–Crippen LogP) is 3.96. The summed E-state index contributed by atoms with van der Waals surface area (Å²) in [6, 6.07) is 13.9. The second kappa shape index (κ2) is 8.39. The summed E-state index contributed by atoms with van der Waals surface area (Å²) < 4.78 is 14.0. The van der Waals surface area contributed by atoms with Crippen molar-refractivity contribution in [1.82, 2.24) is 14.8 Å². The Kier molecular flexibility index (Phi) is 5.72. The van der Waals surface area contributed by atoms with E-state index in [1.807, 2.05) is 29.2 Å². The minimum atomic E-state index is -0.172. The van der Waals surface area contributed by atoms with Crippen molar-refractivity contribution in [2.24, 2.45) is 0 Å². The lowest BCUT2D eigenvalue weighted by molar-refractivity contribution is -0.130. The molecule has 0 saturated carbocycles. The SMILES string of the molecule is CC(=O)N1CCC(N2CCC[C@@H]2c2cccc(Cc3ccccc3F)n2)CC1. The largest absolute Gasteiger partial charge is 0.343 e. The Hall–Kier alpha value is -2.27. The quantitative estimate of drug-likeness (QED) is 0.804. The maximum Gasteiger partial charge on any atom is 0.219 e. The molecule has 4 nitrogen and oxygen atoms in total. The number of hydrogen-bond donors (Lipinski definition) is 0. The van der Waals surface area contributed by atoms with E-state index in [1.165, 1.54) is 12.5 Å². The van der Waals surface area contributed by atoms with Crippen molar-refractivity contribution in [3.05, 3.63) is 65.2 Å². The number of likely N-dealkylation sites (tertiary alicyclic amines) is 2. The van der Waals surface area contributed by atoms with Crippen LogP contribution < -0.4 is 0 Å². The van der Waals surface area contributed by atoms with Gasteiger partial charge in [-0.2, -0.15) is 0 Å². The lowest BCUT2D eigenvalue weighted by atomic mass is 10.0. The predicted molar refractivity (Wildman–Crippen MR) is 107 cm³/mol. The van der Waals surface area contributed by atoms with Gasteiger partial charge in [-0.05, 0) is 56.0 Å². The highest BCUT2D eigenvalue weighted by molar-refractivity contribution is 5.73. The molecular formula is C23H28FN3O. The van der Waals surface area contributed by atoms with Gasteiger partial charge in [-0.15, -0.1) is 0 Å². The Labute approximate surface area is 166 Å². The normalized spacial score (nSPS) is 21.2. The second-order valence-electron chi connectivity index (χ2n) is 7.96. The molecule has 1 aromatic carbocycles. The topological polar surface area (TPSA) is 36.4 Å². The molecule has 0 aliphatic carbocycles. The number of halogens is 1. The lowest BCUT2D eigenvalue weighted by Gasteiger charge is -2.39. The number of aromatic nitrogens is 1. The zero-order valence-corrected chi connectivity index (χ0v) is 16.5. The van der Waals surface area contributed by atoms with Crippen molar-refractivity contribution in [3.8, 4) is 0 Å². The average Bonchev–Trinajstić information content (AvgIpc) is 3.20. The van der Waals surface area contributed by atoms with Crippen LogP contribution in [-0.4, -0.2) is 46.4 Å². The van der Waals surface area contributed by atoms with E-state index in [0.717, 1.165) is 50.3 Å². The van der Waals surface area contributed by atoms with Crippen molar-refractivity contribution in [2.75, 3.05) is 19.6 Å². The first kappa shape index (κ1) is 19.1. The first-order chi connectivity index (χ1) is 13.6. The molecule has 28 heavy (non-hydrogen) atoms. The van der Waals surface area contributed by atoms with Gasteiger partial charge < -0.3 is 4.90 Å². The Morgan fingerprint density at radius 3 is 2.61 bits per heavy atom. The van der Waals surface area contributed by atoms with Gasteiger partial charge in [0.1, 0.15) is 5.82 Å². The zero-order valence-electron chi connectivity index (χ0n) is 16.5. The van der Waals surface area contributed by atoms with E-state index in [9.17, 15) is 9.18 Å². The van der Waals surface area contributed by atoms with Gasteiger partial charge in [0, 0.05) is 38.2 Å². The standard InChI is InChI=1S/C23H28FN3O/c1-17(28)26-14-11-20(12-15-26)27-13-5-10-23(27)22-9-4-7-19(25-22)16-18-6-2-3-8-21(18)24/h2-4,6-9,20,23H,5,10-16H2,1H3/t23-/m1/s1. The number of hydrogen-bond acceptors (Lipinski definition) is 3. The van der Waals surface area contributed by atoms with Crippen LogP contribution in [0.1, 0.15) is 55.6 Å². The molecule has 148 valence electrons. The highest BCUT2D eigenvalue weighted by atomic mass is 19.1. The van der Waals surface area contributed by atoms with E-state index in [2.05, 4.69) is 11.0 Å². The smallest absolute Gasteiger partial charge is 0.219 e. The summed E-state index contributed by atoms with van der Waals surface area (Å²) in [5.41, 5.74) is 2.70. The fourth-order valence-electron chi connectivity index (χ4n) is 4.68. The molecule has 2 aliphatic rings. The molecule has 2 fully saturated rings. The first-order valence-electron chi connectivity index (χ1n) is 10.3. The molecule has 2 saturated heterocycles. The molecule has 0 N–H and O–H groups in total. The van der Waals surface area contributed by atoms with E-state index in [4.69, 9.17) is 4.98 Å². The Morgan fingerprint density at radius 2 is 1.86 bits per heavy atom. The molecule has 0 radical (unpaired) electrons. The molecule has 1 aromatic heterocycles. The molecule has 0 bridgehead atoms. The number of pyridine rings is 1. The van der Waals surface area contributed by atoms with E-state index in [-0.39, 0.29) is 11.7 Å². The first-order valence-corrected chi connectivity index (χ1v) is 10.3. The van der Waals surface area contributed by atoms with E-state index < -0.39 is 0 Å². The van der Waals surface area contributed by atoms with Crippen LogP contribution in [0, 0.1) is 5.82 Å². The third-order valence-corrected chi connectivity index (χ3v) is 6.17. The minimum absolute atomic E-state index is 0.172. The third-order valence-electron chi connectivity index (χ3n) is 6.17. The molecule has 3 heterocycles. The number of piperidine rings is 1. The number of benzene rings is 1. The van der Waals surface area contributed by atoms with Crippen LogP contribution >= 0.6 is 0 Å². The van der Waals surface area contributed by atoms with Crippen LogP contribution in [0.25, 0.3) is 0 Å². The Bertz CT molecular complexity index is 832. The van der Waals surface area contributed by atoms with Crippen LogP contribution in [0.3, 0.4) is 0 Å². The molecule has 0 spiro atoms. The number of carbonyl (C=O) groups excluding carboxylic acids is 1. The fourth-order valence-corrected chi connectivity index (χ4v) is 4.68. The highest BCUT2D eigenvalue weighted by Crippen LogP contribution is 2.35. The Balaban J connectivity index is 1.47. The highest BCUT2D eigenvalue weighted by Gasteiger charge is 2.34. The number of nitrogens with zero attached hydrogens (tertiary/aromatic N) is 3. The summed E-state index contributed by atoms with van der Waals surface area (Å²) in [6.07, 6.45) is 4.88. The molecule has 2 aromatic rings. The van der Waals surface area contributed by atoms with Crippen LogP contribution in [-0.2, 0) is 11.2 Å². The van der Waals surface area contributed by atoms with Gasteiger partial charge in [0.25, 0.3) is 0 Å². The van der Waals surface area contributed by atoms with Crippen molar-refractivity contribution < 1.29 is 9.18 Å². The summed E-state index contributed by atoms with van der Waals surface area (Å²) in [5.74, 6) is 0.00774. The summed E-state index contributed by atoms with van der Waals surface area (Å²) in [4.78, 5) is 21.0. The molecule has 1 amide bonds. The summed E-state index contributed by atoms with van der Waals surface area (Å²) in [5, 5.41) is 0. The third kappa shape index (κ3) is 4.09. The summed E-state index contributed by atoms with van der Waals surface area (Å²) in [7, 11) is 0. The van der Waals surface area contributed by atoms with Crippen molar-refractivity contribution in [2.45, 2.75) is 51.1 Å². The van der Waals surface area contributed by atoms with Gasteiger partial charge in [-0.25, -0.2) is 4.39 Å². The van der Waals surface area contributed by atoms with Crippen molar-refractivity contribution >= 4 is 5.91 Å². The maximum atomic E-state index is 14.0. The van der Waals surface area contributed by atoms with Gasteiger partial charge >= 0.3 is 0 Å². The zero-order chi connectivity index (χ0) is 19.5. The summed E-state index contributed by atoms with van der Waals surface area (Å²) in [6.45, 7) is 4.45. The second-order valence-corrected chi connectivity index (χ2v) is 7.96. The van der Waals surface area contributed by atoms with E-state index in [1.54, 1.807) is 13.0 Å². The monoisotopic (exact) mass is 381 g/mol. The van der Waals surface area contributed by atoms with Gasteiger partial charge in [-0.3, -0.25) is 14.7 Å². The molecular weight excluding hydrogens is 353 g/mol. The number of rotatable bonds is 4. The lowest BCUT2D eigenvalue weighted by Crippen LogP contribution is -2.46. The van der Waals surface area contributed by atoms with Crippen LogP contribution in [0.15, 0.2) is 42.5 Å². The summed E-state index contributed by atoms with van der Waals surface area (Å²) >= 11 is 0. The molecule has 1 atom stereocenters. The number of amides is 1. The molecule has 2 aliphatic heterocycles. The van der Waals surface area contributed by atoms with Gasteiger partial charge in [0.05, 0.1) is 11.7 Å². The fraction of sp³-hybridized carbons (Fsp3) is 0.478. The molecule has 0 unspecified atom stereocenters. The van der Waals surface area contributed by atoms with Gasteiger partial charge in [-0.1, -0.05) is 24.3 Å². The Morgan fingerprint density at radius 1 is 1.07 bits per heavy atom. The van der Waals surface area contributed by atoms with Crippen molar-refractivity contribution in [1.29, 1.82) is 0 Å². The minimum Gasteiger partial charge on any atom is -0.343 e. The molecule has 5 heteroatoms. The molecule has 4 rings (SSSR count). The number of carbonyl (C=O) groups is 1. The van der Waals surface area contributed by atoms with Gasteiger partial charge in [0.2, 0.25) is 5.91 Å².